The summed E-state index contributed by atoms with van der Waals surface area (Å²) in [6.07, 6.45) is 0. The van der Waals surface area contributed by atoms with Crippen LogP contribution in [0.1, 0.15) is 0 Å². The molecular weight excluding hydrogens is 254 g/mol. The molecule has 100 valence electrons. The van der Waals surface area contributed by atoms with Crippen molar-refractivity contribution in [3.05, 3.63) is 30.3 Å². The van der Waals surface area contributed by atoms with Crippen LogP contribution in [0.5, 0.6) is 0 Å². The number of rotatable bonds is 5. The number of anilines is 1. The number of nitrogens with one attached hydrogen (secondary N) is 3. The van der Waals surface area contributed by atoms with Gasteiger partial charge in [-0.25, -0.2) is 19.0 Å². The molecule has 0 heterocycles. The van der Waals surface area contributed by atoms with Gasteiger partial charge in [-0.1, -0.05) is 18.2 Å². The Labute approximate surface area is 107 Å². The van der Waals surface area contributed by atoms with Crippen molar-refractivity contribution < 1.29 is 8.42 Å². The molecule has 7 nitrogen and oxygen atoms in total. The molecule has 0 aliphatic carbocycles. The molecule has 0 aliphatic heterocycles. The highest BCUT2D eigenvalue weighted by molar-refractivity contribution is 7.89. The Kier molecular flexibility index (Phi) is 5.56. The summed E-state index contributed by atoms with van der Waals surface area (Å²) in [6, 6.07) is 9.30. The number of para-hydroxylation sites is 1. The van der Waals surface area contributed by atoms with Gasteiger partial charge in [0.05, 0.1) is 12.3 Å². The standard InChI is InChI=1S/C10H17N5O2S/c1-12-18(16,17)8-7-13-10(15-11)14-9-5-3-2-4-6-9/h2-6,12H,7-8,11H2,1H3,(H2,13,14,15). The van der Waals surface area contributed by atoms with Crippen molar-refractivity contribution in [2.45, 2.75) is 0 Å². The number of nitrogens with zero attached hydrogens (tertiary/aromatic N) is 1. The fraction of sp³-hybridized carbons (Fsp3) is 0.300. The highest BCUT2D eigenvalue weighted by Gasteiger charge is 2.05. The lowest BCUT2D eigenvalue weighted by Crippen LogP contribution is -2.37. The summed E-state index contributed by atoms with van der Waals surface area (Å²) in [5.74, 6) is 5.51. The van der Waals surface area contributed by atoms with E-state index in [0.717, 1.165) is 5.69 Å². The molecule has 0 atom stereocenters. The topological polar surface area (TPSA) is 109 Å². The number of hydrazine groups is 1. The molecule has 5 N–H and O–H groups in total. The first-order valence-corrected chi connectivity index (χ1v) is 6.97. The van der Waals surface area contributed by atoms with Gasteiger partial charge in [0, 0.05) is 5.69 Å². The van der Waals surface area contributed by atoms with Crippen LogP contribution < -0.4 is 21.3 Å². The van der Waals surface area contributed by atoms with Crippen LogP contribution in [-0.2, 0) is 10.0 Å². The van der Waals surface area contributed by atoms with Crippen LogP contribution in [0.4, 0.5) is 5.69 Å². The van der Waals surface area contributed by atoms with Crippen molar-refractivity contribution in [1.29, 1.82) is 0 Å². The second-order valence-electron chi connectivity index (χ2n) is 3.39. The minimum Gasteiger partial charge on any atom is -0.325 e. The molecule has 0 fully saturated rings. The van der Waals surface area contributed by atoms with Crippen LogP contribution in [0.25, 0.3) is 0 Å². The van der Waals surface area contributed by atoms with Crippen molar-refractivity contribution in [3.63, 3.8) is 0 Å². The zero-order chi connectivity index (χ0) is 13.4. The Morgan fingerprint density at radius 3 is 2.56 bits per heavy atom. The smallest absolute Gasteiger partial charge is 0.213 e. The summed E-state index contributed by atoms with van der Waals surface area (Å²) in [7, 11) is -1.89. The number of nitrogens with two attached hydrogens (primary N) is 1. The Bertz CT molecular complexity index is 486. The second-order valence-corrected chi connectivity index (χ2v) is 5.43. The van der Waals surface area contributed by atoms with E-state index in [-0.39, 0.29) is 12.3 Å². The molecule has 0 bridgehead atoms. The van der Waals surface area contributed by atoms with Crippen LogP contribution in [0, 0.1) is 0 Å². The second kappa shape index (κ2) is 6.94. The molecular formula is C10H17N5O2S. The first-order chi connectivity index (χ1) is 8.57. The molecule has 1 rings (SSSR count). The normalized spacial score (nSPS) is 12.2. The Hall–Kier alpha value is -1.64. The lowest BCUT2D eigenvalue weighted by Gasteiger charge is -2.08. The third kappa shape index (κ3) is 5.13. The van der Waals surface area contributed by atoms with E-state index in [0.29, 0.717) is 5.96 Å². The Balaban J connectivity index is 2.56. The maximum atomic E-state index is 11.2. The van der Waals surface area contributed by atoms with Crippen LogP contribution in [0.2, 0.25) is 0 Å². The van der Waals surface area contributed by atoms with Gasteiger partial charge in [0.2, 0.25) is 16.0 Å². The van der Waals surface area contributed by atoms with E-state index in [4.69, 9.17) is 5.84 Å². The Morgan fingerprint density at radius 1 is 1.33 bits per heavy atom. The van der Waals surface area contributed by atoms with Crippen molar-refractivity contribution in [1.82, 2.24) is 10.1 Å². The summed E-state index contributed by atoms with van der Waals surface area (Å²) in [6.45, 7) is 0.114. The van der Waals surface area contributed by atoms with E-state index < -0.39 is 10.0 Å². The summed E-state index contributed by atoms with van der Waals surface area (Å²) >= 11 is 0. The SMILES string of the molecule is CNS(=O)(=O)CCN=C(NN)Nc1ccccc1. The third-order valence-electron chi connectivity index (χ3n) is 2.11. The van der Waals surface area contributed by atoms with Gasteiger partial charge >= 0.3 is 0 Å². The number of sulfonamides is 1. The lowest BCUT2D eigenvalue weighted by atomic mass is 10.3. The molecule has 8 heteroatoms. The number of hydrogen-bond donors (Lipinski definition) is 4. The predicted molar refractivity (Wildman–Crippen MR) is 72.5 cm³/mol. The van der Waals surface area contributed by atoms with Crippen molar-refractivity contribution in [3.8, 4) is 0 Å². The zero-order valence-corrected chi connectivity index (χ0v) is 10.9. The monoisotopic (exact) mass is 271 g/mol. The molecule has 0 saturated heterocycles. The van der Waals surface area contributed by atoms with E-state index in [1.54, 1.807) is 0 Å². The predicted octanol–water partition coefficient (Wildman–Crippen LogP) is -0.533. The minimum atomic E-state index is -3.25. The molecule has 0 spiro atoms. The number of aliphatic imine (C=N–C) groups is 1. The molecule has 0 radical (unpaired) electrons. The highest BCUT2D eigenvalue weighted by atomic mass is 32.2. The van der Waals surface area contributed by atoms with Crippen LogP contribution in [0.15, 0.2) is 35.3 Å². The number of hydrogen-bond acceptors (Lipinski definition) is 4. The van der Waals surface area contributed by atoms with E-state index in [1.165, 1.54) is 7.05 Å². The maximum Gasteiger partial charge on any atom is 0.213 e. The lowest BCUT2D eigenvalue weighted by molar-refractivity contribution is 0.588. The van der Waals surface area contributed by atoms with Gasteiger partial charge in [0.15, 0.2) is 0 Å². The average Bonchev–Trinajstić information content (AvgIpc) is 2.38. The summed E-state index contributed by atoms with van der Waals surface area (Å²) < 4.78 is 24.6. The molecule has 1 aromatic carbocycles. The number of guanidine groups is 1. The maximum absolute atomic E-state index is 11.2. The molecule has 0 unspecified atom stereocenters. The first kappa shape index (κ1) is 14.4. The average molecular weight is 271 g/mol. The van der Waals surface area contributed by atoms with E-state index >= 15 is 0 Å². The summed E-state index contributed by atoms with van der Waals surface area (Å²) in [5.41, 5.74) is 3.19. The molecule has 0 aliphatic rings. The first-order valence-electron chi connectivity index (χ1n) is 5.32. The molecule has 0 aromatic heterocycles. The number of benzene rings is 1. The highest BCUT2D eigenvalue weighted by Crippen LogP contribution is 2.04. The fourth-order valence-corrected chi connectivity index (χ4v) is 1.69. The molecule has 18 heavy (non-hydrogen) atoms. The van der Waals surface area contributed by atoms with E-state index in [9.17, 15) is 8.42 Å². The van der Waals surface area contributed by atoms with Crippen LogP contribution >= 0.6 is 0 Å². The van der Waals surface area contributed by atoms with Crippen molar-refractivity contribution >= 4 is 21.7 Å². The third-order valence-corrected chi connectivity index (χ3v) is 3.46. The quantitative estimate of drug-likeness (QED) is 0.249. The summed E-state index contributed by atoms with van der Waals surface area (Å²) in [4.78, 5) is 4.02. The van der Waals surface area contributed by atoms with Gasteiger partial charge in [0.1, 0.15) is 0 Å². The molecule has 0 amide bonds. The fourth-order valence-electron chi connectivity index (χ4n) is 1.16. The minimum absolute atomic E-state index is 0.0921. The van der Waals surface area contributed by atoms with Gasteiger partial charge in [0.25, 0.3) is 0 Å². The van der Waals surface area contributed by atoms with Gasteiger partial charge in [-0.2, -0.15) is 0 Å². The molecule has 0 saturated carbocycles. The molecule has 1 aromatic rings. The van der Waals surface area contributed by atoms with Gasteiger partial charge in [-0.15, -0.1) is 0 Å². The zero-order valence-electron chi connectivity index (χ0n) is 10.1. The van der Waals surface area contributed by atoms with E-state index in [1.807, 2.05) is 30.3 Å². The summed E-state index contributed by atoms with van der Waals surface area (Å²) in [5, 5.41) is 2.93. The van der Waals surface area contributed by atoms with Crippen molar-refractivity contribution in [2.24, 2.45) is 10.8 Å². The van der Waals surface area contributed by atoms with Gasteiger partial charge < -0.3 is 5.32 Å². The van der Waals surface area contributed by atoms with Crippen molar-refractivity contribution in [2.75, 3.05) is 24.7 Å². The van der Waals surface area contributed by atoms with Crippen LogP contribution in [-0.4, -0.2) is 33.7 Å². The van der Waals surface area contributed by atoms with Gasteiger partial charge in [-0.05, 0) is 19.2 Å². The van der Waals surface area contributed by atoms with Gasteiger partial charge in [-0.3, -0.25) is 10.4 Å². The Morgan fingerprint density at radius 2 is 2.00 bits per heavy atom. The largest absolute Gasteiger partial charge is 0.325 e. The van der Waals surface area contributed by atoms with E-state index in [2.05, 4.69) is 20.5 Å². The van der Waals surface area contributed by atoms with Crippen LogP contribution in [0.3, 0.4) is 0 Å².